The van der Waals surface area contributed by atoms with Crippen molar-refractivity contribution in [3.63, 3.8) is 0 Å². The Bertz CT molecular complexity index is 1010. The third-order valence-electron chi connectivity index (χ3n) is 6.04. The van der Waals surface area contributed by atoms with Gasteiger partial charge in [-0.25, -0.2) is 4.68 Å². The second-order valence-corrected chi connectivity index (χ2v) is 7.94. The molecule has 5 nitrogen and oxygen atoms in total. The first kappa shape index (κ1) is 18.0. The topological polar surface area (TPSA) is 47.4 Å². The van der Waals surface area contributed by atoms with Crippen molar-refractivity contribution >= 4 is 5.91 Å². The molecule has 0 radical (unpaired) electrons. The number of ether oxygens (including phenoxy) is 1. The summed E-state index contributed by atoms with van der Waals surface area (Å²) < 4.78 is 7.16. The zero-order valence-electron chi connectivity index (χ0n) is 16.6. The van der Waals surface area contributed by atoms with Gasteiger partial charge in [0.05, 0.1) is 18.5 Å². The molecule has 29 heavy (non-hydrogen) atoms. The van der Waals surface area contributed by atoms with Crippen LogP contribution in [0, 0.1) is 5.92 Å². The van der Waals surface area contributed by atoms with Gasteiger partial charge >= 0.3 is 0 Å². The summed E-state index contributed by atoms with van der Waals surface area (Å²) in [5.41, 5.74) is 3.37. The van der Waals surface area contributed by atoms with E-state index < -0.39 is 0 Å². The zero-order valence-corrected chi connectivity index (χ0v) is 16.6. The van der Waals surface area contributed by atoms with Gasteiger partial charge < -0.3 is 9.64 Å². The highest BCUT2D eigenvalue weighted by Crippen LogP contribution is 2.40. The fourth-order valence-corrected chi connectivity index (χ4v) is 4.38. The first-order valence-electron chi connectivity index (χ1n) is 10.4. The number of para-hydroxylation sites is 1. The van der Waals surface area contributed by atoms with Crippen LogP contribution in [0.15, 0.2) is 60.7 Å². The fraction of sp³-hybridized carbons (Fsp3) is 0.333. The third-order valence-corrected chi connectivity index (χ3v) is 6.04. The van der Waals surface area contributed by atoms with Crippen LogP contribution >= 0.6 is 0 Å². The average Bonchev–Trinajstić information content (AvgIpc) is 3.33. The van der Waals surface area contributed by atoms with Gasteiger partial charge in [-0.1, -0.05) is 18.2 Å². The number of benzene rings is 2. The monoisotopic (exact) mass is 387 g/mol. The van der Waals surface area contributed by atoms with Gasteiger partial charge in [0.2, 0.25) is 0 Å². The summed E-state index contributed by atoms with van der Waals surface area (Å²) in [4.78, 5) is 15.4. The standard InChI is InChI=1S/C24H25N3O2/c1-29-20-13-11-18(12-14-20)23-16-21(25-27(23)19-6-3-2-4-7-19)24(28)26-15-5-8-22(26)17-9-10-17/h2-4,6-7,11-14,16-17,22H,5,8-10,15H2,1H3. The van der Waals surface area contributed by atoms with Crippen molar-refractivity contribution in [2.45, 2.75) is 31.7 Å². The Morgan fingerprint density at radius 2 is 1.79 bits per heavy atom. The van der Waals surface area contributed by atoms with Gasteiger partial charge in [-0.3, -0.25) is 4.79 Å². The van der Waals surface area contributed by atoms with E-state index in [0.29, 0.717) is 17.7 Å². The maximum absolute atomic E-state index is 13.3. The van der Waals surface area contributed by atoms with Crippen LogP contribution in [0.4, 0.5) is 0 Å². The summed E-state index contributed by atoms with van der Waals surface area (Å²) in [5, 5.41) is 4.75. The molecule has 2 aromatic carbocycles. The Morgan fingerprint density at radius 3 is 2.48 bits per heavy atom. The summed E-state index contributed by atoms with van der Waals surface area (Å²) in [6.07, 6.45) is 4.73. The lowest BCUT2D eigenvalue weighted by molar-refractivity contribution is 0.0714. The smallest absolute Gasteiger partial charge is 0.274 e. The molecule has 0 spiro atoms. The lowest BCUT2D eigenvalue weighted by Crippen LogP contribution is -2.37. The molecule has 5 heteroatoms. The summed E-state index contributed by atoms with van der Waals surface area (Å²) in [7, 11) is 1.66. The van der Waals surface area contributed by atoms with Crippen molar-refractivity contribution < 1.29 is 9.53 Å². The van der Waals surface area contributed by atoms with Crippen molar-refractivity contribution in [2.24, 2.45) is 5.92 Å². The molecule has 1 aromatic heterocycles. The van der Waals surface area contributed by atoms with Crippen LogP contribution in [-0.4, -0.2) is 40.3 Å². The number of hydrogen-bond acceptors (Lipinski definition) is 3. The molecule has 1 atom stereocenters. The number of nitrogens with zero attached hydrogens (tertiary/aromatic N) is 3. The molecule has 2 aliphatic rings. The van der Waals surface area contributed by atoms with Crippen LogP contribution in [0.5, 0.6) is 5.75 Å². The minimum absolute atomic E-state index is 0.0591. The number of methoxy groups -OCH3 is 1. The van der Waals surface area contributed by atoms with Crippen LogP contribution in [0.2, 0.25) is 0 Å². The minimum Gasteiger partial charge on any atom is -0.497 e. The van der Waals surface area contributed by atoms with Gasteiger partial charge in [-0.15, -0.1) is 0 Å². The van der Waals surface area contributed by atoms with Crippen LogP contribution in [0.3, 0.4) is 0 Å². The second-order valence-electron chi connectivity index (χ2n) is 7.94. The number of rotatable bonds is 5. The highest BCUT2D eigenvalue weighted by Gasteiger charge is 2.40. The van der Waals surface area contributed by atoms with E-state index in [0.717, 1.165) is 42.1 Å². The van der Waals surface area contributed by atoms with E-state index >= 15 is 0 Å². The molecule has 1 aliphatic carbocycles. The van der Waals surface area contributed by atoms with Crippen molar-refractivity contribution in [1.82, 2.24) is 14.7 Å². The van der Waals surface area contributed by atoms with Gasteiger partial charge in [-0.05, 0) is 74.1 Å². The number of hydrogen-bond donors (Lipinski definition) is 0. The summed E-state index contributed by atoms with van der Waals surface area (Å²) in [6, 6.07) is 20.2. The molecule has 3 aromatic rings. The summed E-state index contributed by atoms with van der Waals surface area (Å²) in [5.74, 6) is 1.56. The van der Waals surface area contributed by atoms with Crippen LogP contribution < -0.4 is 4.74 Å². The van der Waals surface area contributed by atoms with E-state index in [1.54, 1.807) is 7.11 Å². The largest absolute Gasteiger partial charge is 0.497 e. The molecule has 5 rings (SSSR count). The average molecular weight is 387 g/mol. The van der Waals surface area contributed by atoms with Crippen molar-refractivity contribution in [2.75, 3.05) is 13.7 Å². The molecule has 1 aliphatic heterocycles. The second kappa shape index (κ2) is 7.39. The lowest BCUT2D eigenvalue weighted by Gasteiger charge is -2.23. The quantitative estimate of drug-likeness (QED) is 0.645. The summed E-state index contributed by atoms with van der Waals surface area (Å²) in [6.45, 7) is 0.843. The maximum atomic E-state index is 13.3. The molecule has 0 N–H and O–H groups in total. The van der Waals surface area contributed by atoms with Crippen molar-refractivity contribution in [3.8, 4) is 22.7 Å². The molecule has 2 heterocycles. The SMILES string of the molecule is COc1ccc(-c2cc(C(=O)N3CCCC3C3CC3)nn2-c2ccccc2)cc1. The van der Waals surface area contributed by atoms with Crippen LogP contribution in [0.25, 0.3) is 16.9 Å². The van der Waals surface area contributed by atoms with Gasteiger partial charge in [0.25, 0.3) is 5.91 Å². The Hall–Kier alpha value is -3.08. The predicted molar refractivity (Wildman–Crippen MR) is 112 cm³/mol. The number of carbonyl (C=O) groups excluding carboxylic acids is 1. The van der Waals surface area contributed by atoms with E-state index in [2.05, 4.69) is 4.90 Å². The number of likely N-dealkylation sites (tertiary alicyclic amines) is 1. The molecular formula is C24H25N3O2. The summed E-state index contributed by atoms with van der Waals surface area (Å²) >= 11 is 0. The van der Waals surface area contributed by atoms with Crippen molar-refractivity contribution in [1.29, 1.82) is 0 Å². The fourth-order valence-electron chi connectivity index (χ4n) is 4.38. The first-order chi connectivity index (χ1) is 14.2. The molecule has 1 amide bonds. The molecule has 0 bridgehead atoms. The zero-order chi connectivity index (χ0) is 19.8. The maximum Gasteiger partial charge on any atom is 0.274 e. The predicted octanol–water partition coefficient (Wildman–Crippen LogP) is 4.56. The Balaban J connectivity index is 1.54. The highest BCUT2D eigenvalue weighted by atomic mass is 16.5. The number of amides is 1. The molecule has 148 valence electrons. The lowest BCUT2D eigenvalue weighted by atomic mass is 10.1. The third kappa shape index (κ3) is 3.41. The Labute approximate surface area is 170 Å². The van der Waals surface area contributed by atoms with Crippen molar-refractivity contribution in [3.05, 3.63) is 66.4 Å². The molecule has 1 unspecified atom stereocenters. The van der Waals surface area contributed by atoms with E-state index in [9.17, 15) is 4.79 Å². The molecule has 1 saturated carbocycles. The Morgan fingerprint density at radius 1 is 1.03 bits per heavy atom. The van der Waals surface area contributed by atoms with E-state index in [4.69, 9.17) is 9.84 Å². The number of aromatic nitrogens is 2. The van der Waals surface area contributed by atoms with E-state index in [1.807, 2.05) is 65.3 Å². The van der Waals surface area contributed by atoms with Gasteiger partial charge in [0.1, 0.15) is 5.75 Å². The van der Waals surface area contributed by atoms with Gasteiger partial charge in [0.15, 0.2) is 5.69 Å². The van der Waals surface area contributed by atoms with E-state index in [1.165, 1.54) is 12.8 Å². The number of carbonyl (C=O) groups is 1. The minimum atomic E-state index is 0.0591. The normalized spacial score (nSPS) is 18.8. The first-order valence-corrected chi connectivity index (χ1v) is 10.4. The van der Waals surface area contributed by atoms with Gasteiger partial charge in [0, 0.05) is 18.2 Å². The van der Waals surface area contributed by atoms with Crippen LogP contribution in [-0.2, 0) is 0 Å². The van der Waals surface area contributed by atoms with Gasteiger partial charge in [-0.2, -0.15) is 5.10 Å². The molecule has 2 fully saturated rings. The molecular weight excluding hydrogens is 362 g/mol. The van der Waals surface area contributed by atoms with Crippen LogP contribution in [0.1, 0.15) is 36.2 Å². The Kier molecular flexibility index (Phi) is 4.58. The van der Waals surface area contributed by atoms with E-state index in [-0.39, 0.29) is 5.91 Å². The molecule has 1 saturated heterocycles. The highest BCUT2D eigenvalue weighted by molar-refractivity contribution is 5.94.